The predicted molar refractivity (Wildman–Crippen MR) is 77.0 cm³/mol. The van der Waals surface area contributed by atoms with E-state index in [1.54, 1.807) is 12.5 Å². The van der Waals surface area contributed by atoms with Crippen LogP contribution in [-0.2, 0) is 20.9 Å². The molecule has 7 heteroatoms. The number of carbonyl (C=O) groups excluding carboxylic acids is 1. The third-order valence-electron chi connectivity index (χ3n) is 4.67. The molecule has 22 heavy (non-hydrogen) atoms. The average molecular weight is 307 g/mol. The minimum atomic E-state index is -0.929. The second-order valence-corrected chi connectivity index (χ2v) is 6.13. The van der Waals surface area contributed by atoms with Gasteiger partial charge >= 0.3 is 5.97 Å². The van der Waals surface area contributed by atoms with Crippen molar-refractivity contribution in [2.24, 2.45) is 5.92 Å². The molecule has 0 unspecified atom stereocenters. The zero-order chi connectivity index (χ0) is 15.7. The molecule has 1 amide bonds. The summed E-state index contributed by atoms with van der Waals surface area (Å²) in [7, 11) is 0. The first-order chi connectivity index (χ1) is 10.6. The number of aliphatic carboxylic acids is 1. The molecule has 0 radical (unpaired) electrons. The standard InChI is InChI=1S/C15H21N3O4/c1-10-2-3-12(15(20)21)18(10)14(19)13-11(4-7-22-13)8-17-6-5-16-9-17/h5-6,9-13H,2-4,7-8H2,1H3,(H,20,21)/t10-,11-,12-,13-/m1/s1. The van der Waals surface area contributed by atoms with Gasteiger partial charge in [-0.15, -0.1) is 0 Å². The van der Waals surface area contributed by atoms with Gasteiger partial charge in [-0.05, 0) is 26.2 Å². The number of carbonyl (C=O) groups is 2. The Morgan fingerprint density at radius 2 is 2.18 bits per heavy atom. The van der Waals surface area contributed by atoms with Crippen LogP contribution < -0.4 is 0 Å². The normalized spacial score (nSPS) is 31.6. The molecule has 2 saturated heterocycles. The van der Waals surface area contributed by atoms with Crippen molar-refractivity contribution < 1.29 is 19.4 Å². The molecule has 7 nitrogen and oxygen atoms in total. The van der Waals surface area contributed by atoms with Crippen molar-refractivity contribution in [3.63, 3.8) is 0 Å². The molecule has 1 aromatic heterocycles. The number of hydrogen-bond donors (Lipinski definition) is 1. The Morgan fingerprint density at radius 1 is 1.36 bits per heavy atom. The first-order valence-corrected chi connectivity index (χ1v) is 7.70. The van der Waals surface area contributed by atoms with Crippen LogP contribution in [0.15, 0.2) is 18.7 Å². The van der Waals surface area contributed by atoms with E-state index in [1.165, 1.54) is 4.90 Å². The minimum absolute atomic E-state index is 0.0494. The Morgan fingerprint density at radius 3 is 2.86 bits per heavy atom. The molecule has 2 fully saturated rings. The lowest BCUT2D eigenvalue weighted by atomic mass is 9.99. The molecular formula is C15H21N3O4. The van der Waals surface area contributed by atoms with Gasteiger partial charge in [0.15, 0.2) is 0 Å². The number of carboxylic acids is 1. The number of imidazole rings is 1. The van der Waals surface area contributed by atoms with Gasteiger partial charge in [-0.2, -0.15) is 0 Å². The fourth-order valence-electron chi connectivity index (χ4n) is 3.50. The number of rotatable bonds is 4. The van der Waals surface area contributed by atoms with Gasteiger partial charge in [-0.25, -0.2) is 9.78 Å². The second-order valence-electron chi connectivity index (χ2n) is 6.13. The number of nitrogens with zero attached hydrogens (tertiary/aromatic N) is 3. The lowest BCUT2D eigenvalue weighted by Gasteiger charge is -2.30. The summed E-state index contributed by atoms with van der Waals surface area (Å²) in [5.41, 5.74) is 0. The fourth-order valence-corrected chi connectivity index (χ4v) is 3.50. The quantitative estimate of drug-likeness (QED) is 0.887. The molecular weight excluding hydrogens is 286 g/mol. The van der Waals surface area contributed by atoms with Gasteiger partial charge in [0.1, 0.15) is 12.1 Å². The van der Waals surface area contributed by atoms with E-state index in [0.717, 1.165) is 12.8 Å². The van der Waals surface area contributed by atoms with E-state index in [0.29, 0.717) is 19.6 Å². The maximum Gasteiger partial charge on any atom is 0.326 e. The van der Waals surface area contributed by atoms with Crippen LogP contribution in [0.5, 0.6) is 0 Å². The number of aromatic nitrogens is 2. The molecule has 2 aliphatic rings. The summed E-state index contributed by atoms with van der Waals surface area (Å²) in [6, 6.07) is -0.771. The van der Waals surface area contributed by atoms with E-state index < -0.39 is 18.1 Å². The highest BCUT2D eigenvalue weighted by Gasteiger charge is 2.45. The number of hydrogen-bond acceptors (Lipinski definition) is 4. The van der Waals surface area contributed by atoms with Gasteiger partial charge < -0.3 is 19.3 Å². The van der Waals surface area contributed by atoms with Gasteiger partial charge in [0.25, 0.3) is 5.91 Å². The lowest BCUT2D eigenvalue weighted by molar-refractivity contribution is -0.155. The topological polar surface area (TPSA) is 84.7 Å². The smallest absolute Gasteiger partial charge is 0.326 e. The molecule has 1 aromatic rings. The van der Waals surface area contributed by atoms with Gasteiger partial charge in [0.05, 0.1) is 6.33 Å². The molecule has 120 valence electrons. The highest BCUT2D eigenvalue weighted by Crippen LogP contribution is 2.30. The monoisotopic (exact) mass is 307 g/mol. The Labute approximate surface area is 128 Å². The molecule has 4 atom stereocenters. The van der Waals surface area contributed by atoms with Crippen LogP contribution in [0, 0.1) is 5.92 Å². The molecule has 0 aliphatic carbocycles. The lowest BCUT2D eigenvalue weighted by Crippen LogP contribution is -2.50. The maximum absolute atomic E-state index is 12.8. The minimum Gasteiger partial charge on any atom is -0.480 e. The summed E-state index contributed by atoms with van der Waals surface area (Å²) in [5, 5.41) is 9.32. The summed E-state index contributed by atoms with van der Waals surface area (Å²) < 4.78 is 7.58. The summed E-state index contributed by atoms with van der Waals surface area (Å²) in [5.74, 6) is -1.05. The number of ether oxygens (including phenoxy) is 1. The van der Waals surface area contributed by atoms with Crippen molar-refractivity contribution in [2.45, 2.75) is 50.9 Å². The first kappa shape index (κ1) is 15.0. The molecule has 0 aromatic carbocycles. The molecule has 0 bridgehead atoms. The molecule has 0 saturated carbocycles. The van der Waals surface area contributed by atoms with Crippen LogP contribution in [0.1, 0.15) is 26.2 Å². The molecule has 3 rings (SSSR count). The third kappa shape index (κ3) is 2.72. The first-order valence-electron chi connectivity index (χ1n) is 7.70. The summed E-state index contributed by atoms with van der Waals surface area (Å²) in [6.45, 7) is 3.10. The summed E-state index contributed by atoms with van der Waals surface area (Å²) in [4.78, 5) is 29.7. The van der Waals surface area contributed by atoms with Crippen LogP contribution in [0.3, 0.4) is 0 Å². The van der Waals surface area contributed by atoms with E-state index >= 15 is 0 Å². The van der Waals surface area contributed by atoms with Crippen LogP contribution in [0.2, 0.25) is 0 Å². The van der Waals surface area contributed by atoms with Gasteiger partial charge in [0, 0.05) is 37.5 Å². The summed E-state index contributed by atoms with van der Waals surface area (Å²) in [6.07, 6.45) is 6.77. The Hall–Kier alpha value is -1.89. The fraction of sp³-hybridized carbons (Fsp3) is 0.667. The zero-order valence-corrected chi connectivity index (χ0v) is 12.6. The van der Waals surface area contributed by atoms with E-state index in [-0.39, 0.29) is 17.9 Å². The highest BCUT2D eigenvalue weighted by molar-refractivity contribution is 5.87. The third-order valence-corrected chi connectivity index (χ3v) is 4.67. The summed E-state index contributed by atoms with van der Waals surface area (Å²) >= 11 is 0. The van der Waals surface area contributed by atoms with E-state index in [4.69, 9.17) is 4.74 Å². The van der Waals surface area contributed by atoms with E-state index in [2.05, 4.69) is 4.98 Å². The Balaban J connectivity index is 1.73. The molecule has 0 spiro atoms. The van der Waals surface area contributed by atoms with Gasteiger partial charge in [0.2, 0.25) is 0 Å². The van der Waals surface area contributed by atoms with Crippen molar-refractivity contribution >= 4 is 11.9 Å². The van der Waals surface area contributed by atoms with E-state index in [9.17, 15) is 14.7 Å². The largest absolute Gasteiger partial charge is 0.480 e. The van der Waals surface area contributed by atoms with Crippen molar-refractivity contribution in [3.05, 3.63) is 18.7 Å². The van der Waals surface area contributed by atoms with Gasteiger partial charge in [-0.3, -0.25) is 4.79 Å². The van der Waals surface area contributed by atoms with Crippen LogP contribution in [0.4, 0.5) is 0 Å². The Kier molecular flexibility index (Phi) is 4.15. The van der Waals surface area contributed by atoms with Crippen LogP contribution >= 0.6 is 0 Å². The number of likely N-dealkylation sites (tertiary alicyclic amines) is 1. The van der Waals surface area contributed by atoms with Crippen molar-refractivity contribution in [1.29, 1.82) is 0 Å². The van der Waals surface area contributed by atoms with Crippen molar-refractivity contribution in [3.8, 4) is 0 Å². The molecule has 3 heterocycles. The van der Waals surface area contributed by atoms with Crippen molar-refractivity contribution in [1.82, 2.24) is 14.5 Å². The van der Waals surface area contributed by atoms with Crippen molar-refractivity contribution in [2.75, 3.05) is 6.61 Å². The molecule has 2 aliphatic heterocycles. The SMILES string of the molecule is C[C@@H]1CC[C@H](C(=O)O)N1C(=O)[C@@H]1OCC[C@@H]1Cn1ccnc1. The highest BCUT2D eigenvalue weighted by atomic mass is 16.5. The van der Waals surface area contributed by atoms with Gasteiger partial charge in [-0.1, -0.05) is 0 Å². The van der Waals surface area contributed by atoms with E-state index in [1.807, 2.05) is 17.7 Å². The second kappa shape index (κ2) is 6.08. The predicted octanol–water partition coefficient (Wildman–Crippen LogP) is 0.752. The number of carboxylic acid groups (broad SMARTS) is 1. The molecule has 1 N–H and O–H groups in total. The maximum atomic E-state index is 12.8. The average Bonchev–Trinajstić information content (AvgIpc) is 3.19. The van der Waals surface area contributed by atoms with Crippen LogP contribution in [0.25, 0.3) is 0 Å². The van der Waals surface area contributed by atoms with Crippen LogP contribution in [-0.4, -0.2) is 56.2 Å². The zero-order valence-electron chi connectivity index (χ0n) is 12.6. The Bertz CT molecular complexity index is 545. The number of amides is 1.